The summed E-state index contributed by atoms with van der Waals surface area (Å²) < 4.78 is 4.80. The Morgan fingerprint density at radius 3 is 2.62 bits per heavy atom. The Bertz CT molecular complexity index is 597. The zero-order valence-electron chi connectivity index (χ0n) is 8.61. The first-order chi connectivity index (χ1) is 7.63. The molecular formula is C11H10N2O3. The molecule has 0 bridgehead atoms. The lowest BCUT2D eigenvalue weighted by molar-refractivity contribution is 0.408. The number of nitrogens with one attached hydrogen (secondary N) is 1. The summed E-state index contributed by atoms with van der Waals surface area (Å²) in [6.07, 6.45) is 0. The van der Waals surface area contributed by atoms with E-state index in [4.69, 9.17) is 10.5 Å². The van der Waals surface area contributed by atoms with E-state index < -0.39 is 10.9 Å². The van der Waals surface area contributed by atoms with Crippen LogP contribution in [0.5, 0.6) is 5.75 Å². The Morgan fingerprint density at radius 1 is 1.25 bits per heavy atom. The molecule has 2 aromatic rings. The van der Waals surface area contributed by atoms with E-state index in [-0.39, 0.29) is 11.4 Å². The van der Waals surface area contributed by atoms with Crippen molar-refractivity contribution in [3.05, 3.63) is 44.7 Å². The van der Waals surface area contributed by atoms with E-state index in [1.54, 1.807) is 24.3 Å². The average Bonchev–Trinajstić information content (AvgIpc) is 2.28. The van der Waals surface area contributed by atoms with Crippen LogP contribution in [0.2, 0.25) is 0 Å². The van der Waals surface area contributed by atoms with E-state index in [1.165, 1.54) is 7.11 Å². The standard InChI is InChI=1S/C11H10N2O3/c1-16-11-8(9(14)10(11)15)13-7-4-2-3-6(12)5-7/h2-5,13H,12H2,1H3. The lowest BCUT2D eigenvalue weighted by Gasteiger charge is -2.11. The molecule has 0 fully saturated rings. The normalized spacial score (nSPS) is 10.3. The number of anilines is 3. The van der Waals surface area contributed by atoms with E-state index in [0.717, 1.165) is 0 Å². The molecule has 0 spiro atoms. The zero-order chi connectivity index (χ0) is 11.7. The Balaban J connectivity index is 2.32. The first-order valence-electron chi connectivity index (χ1n) is 4.63. The first kappa shape index (κ1) is 10.2. The van der Waals surface area contributed by atoms with Crippen LogP contribution in [0.15, 0.2) is 33.9 Å². The van der Waals surface area contributed by atoms with Gasteiger partial charge in [-0.3, -0.25) is 9.59 Å². The molecule has 0 aliphatic carbocycles. The van der Waals surface area contributed by atoms with Crippen molar-refractivity contribution in [2.45, 2.75) is 0 Å². The molecule has 0 unspecified atom stereocenters. The predicted molar refractivity (Wildman–Crippen MR) is 62.0 cm³/mol. The topological polar surface area (TPSA) is 81.4 Å². The molecule has 0 amide bonds. The van der Waals surface area contributed by atoms with Gasteiger partial charge in [-0.1, -0.05) is 6.07 Å². The van der Waals surface area contributed by atoms with Gasteiger partial charge in [0.1, 0.15) is 5.69 Å². The van der Waals surface area contributed by atoms with Gasteiger partial charge in [-0.2, -0.15) is 0 Å². The Kier molecular flexibility index (Phi) is 2.36. The fourth-order valence-electron chi connectivity index (χ4n) is 1.44. The van der Waals surface area contributed by atoms with Crippen LogP contribution in [0, 0.1) is 0 Å². The van der Waals surface area contributed by atoms with E-state index in [9.17, 15) is 9.59 Å². The minimum Gasteiger partial charge on any atom is -0.491 e. The number of ether oxygens (including phenoxy) is 1. The molecule has 0 heterocycles. The summed E-state index contributed by atoms with van der Waals surface area (Å²) in [5.74, 6) is 0.0624. The quantitative estimate of drug-likeness (QED) is 0.583. The fourth-order valence-corrected chi connectivity index (χ4v) is 1.44. The van der Waals surface area contributed by atoms with Crippen molar-refractivity contribution in [1.29, 1.82) is 0 Å². The second kappa shape index (κ2) is 3.69. The molecule has 2 aromatic carbocycles. The largest absolute Gasteiger partial charge is 0.491 e. The number of nitrogen functional groups attached to an aromatic ring is 1. The van der Waals surface area contributed by atoms with Crippen molar-refractivity contribution in [2.75, 3.05) is 18.2 Å². The minimum atomic E-state index is -0.603. The van der Waals surface area contributed by atoms with Crippen LogP contribution < -0.4 is 26.6 Å². The monoisotopic (exact) mass is 218 g/mol. The maximum atomic E-state index is 11.2. The highest BCUT2D eigenvalue weighted by Crippen LogP contribution is 2.23. The smallest absolute Gasteiger partial charge is 0.272 e. The highest BCUT2D eigenvalue weighted by atomic mass is 16.5. The van der Waals surface area contributed by atoms with Crippen molar-refractivity contribution in [1.82, 2.24) is 0 Å². The molecule has 3 N–H and O–H groups in total. The number of methoxy groups -OCH3 is 1. The van der Waals surface area contributed by atoms with Gasteiger partial charge >= 0.3 is 0 Å². The molecule has 5 heteroatoms. The number of benzene rings is 1. The van der Waals surface area contributed by atoms with E-state index in [2.05, 4.69) is 5.32 Å². The van der Waals surface area contributed by atoms with Crippen molar-refractivity contribution in [2.24, 2.45) is 0 Å². The van der Waals surface area contributed by atoms with Crippen molar-refractivity contribution in [3.63, 3.8) is 0 Å². The van der Waals surface area contributed by atoms with Gasteiger partial charge in [0, 0.05) is 11.4 Å². The zero-order valence-corrected chi connectivity index (χ0v) is 8.61. The number of hydrogen-bond acceptors (Lipinski definition) is 5. The summed E-state index contributed by atoms with van der Waals surface area (Å²) in [6.45, 7) is 0. The number of nitrogens with two attached hydrogens (primary N) is 1. The lowest BCUT2D eigenvalue weighted by Crippen LogP contribution is -2.34. The second-order valence-electron chi connectivity index (χ2n) is 3.32. The summed E-state index contributed by atoms with van der Waals surface area (Å²) in [7, 11) is 1.35. The molecule has 0 saturated heterocycles. The van der Waals surface area contributed by atoms with Gasteiger partial charge in [0.05, 0.1) is 7.11 Å². The van der Waals surface area contributed by atoms with Crippen LogP contribution in [0.3, 0.4) is 0 Å². The Morgan fingerprint density at radius 2 is 2.00 bits per heavy atom. The lowest BCUT2D eigenvalue weighted by atomic mass is 10.2. The van der Waals surface area contributed by atoms with E-state index in [1.807, 2.05) is 0 Å². The minimum absolute atomic E-state index is 0.0624. The van der Waals surface area contributed by atoms with Crippen LogP contribution in [-0.4, -0.2) is 7.11 Å². The predicted octanol–water partition coefficient (Wildman–Crippen LogP) is 0.617. The highest BCUT2D eigenvalue weighted by molar-refractivity contribution is 5.71. The molecule has 16 heavy (non-hydrogen) atoms. The molecular weight excluding hydrogens is 208 g/mol. The third-order valence-corrected chi connectivity index (χ3v) is 2.23. The van der Waals surface area contributed by atoms with Crippen LogP contribution >= 0.6 is 0 Å². The molecule has 0 atom stereocenters. The van der Waals surface area contributed by atoms with Gasteiger partial charge in [0.2, 0.25) is 0 Å². The van der Waals surface area contributed by atoms with Gasteiger partial charge in [-0.25, -0.2) is 0 Å². The van der Waals surface area contributed by atoms with Crippen LogP contribution in [-0.2, 0) is 0 Å². The first-order valence-corrected chi connectivity index (χ1v) is 4.63. The van der Waals surface area contributed by atoms with E-state index >= 15 is 0 Å². The van der Waals surface area contributed by atoms with Gasteiger partial charge < -0.3 is 15.8 Å². The molecule has 82 valence electrons. The molecule has 0 radical (unpaired) electrons. The summed E-state index contributed by atoms with van der Waals surface area (Å²) in [6, 6.07) is 6.88. The second-order valence-corrected chi connectivity index (χ2v) is 3.32. The summed E-state index contributed by atoms with van der Waals surface area (Å²) in [4.78, 5) is 22.3. The van der Waals surface area contributed by atoms with Crippen molar-refractivity contribution >= 4 is 17.1 Å². The van der Waals surface area contributed by atoms with E-state index in [0.29, 0.717) is 11.4 Å². The van der Waals surface area contributed by atoms with Crippen LogP contribution in [0.1, 0.15) is 0 Å². The Hall–Kier alpha value is -2.30. The molecule has 0 aromatic heterocycles. The third-order valence-electron chi connectivity index (χ3n) is 2.23. The summed E-state index contributed by atoms with van der Waals surface area (Å²) in [5.41, 5.74) is 5.81. The third kappa shape index (κ3) is 1.52. The highest BCUT2D eigenvalue weighted by Gasteiger charge is 2.21. The molecule has 0 saturated carbocycles. The van der Waals surface area contributed by atoms with Crippen molar-refractivity contribution < 1.29 is 4.74 Å². The molecule has 0 aliphatic rings. The molecule has 0 aliphatic heterocycles. The van der Waals surface area contributed by atoms with Gasteiger partial charge in [-0.15, -0.1) is 0 Å². The maximum Gasteiger partial charge on any atom is 0.272 e. The van der Waals surface area contributed by atoms with Crippen LogP contribution in [0.4, 0.5) is 17.1 Å². The van der Waals surface area contributed by atoms with Gasteiger partial charge in [-0.05, 0) is 18.2 Å². The maximum absolute atomic E-state index is 11.2. The molecule has 2 rings (SSSR count). The SMILES string of the molecule is COc1c(Nc2cccc(N)c2)c(=O)c1=O. The van der Waals surface area contributed by atoms with Gasteiger partial charge in [0.15, 0.2) is 5.75 Å². The van der Waals surface area contributed by atoms with Crippen molar-refractivity contribution in [3.8, 4) is 5.75 Å². The number of hydrogen-bond donors (Lipinski definition) is 2. The van der Waals surface area contributed by atoms with Crippen LogP contribution in [0.25, 0.3) is 0 Å². The number of rotatable bonds is 3. The Labute approximate surface area is 91.2 Å². The fraction of sp³-hybridized carbons (Fsp3) is 0.0909. The summed E-state index contributed by atoms with van der Waals surface area (Å²) >= 11 is 0. The molecule has 5 nitrogen and oxygen atoms in total. The average molecular weight is 218 g/mol. The summed E-state index contributed by atoms with van der Waals surface area (Å²) in [5, 5.41) is 2.80. The van der Waals surface area contributed by atoms with Gasteiger partial charge in [0.25, 0.3) is 10.9 Å².